The van der Waals surface area contributed by atoms with Crippen LogP contribution in [-0.4, -0.2) is 55.0 Å². The van der Waals surface area contributed by atoms with Gasteiger partial charge in [-0.1, -0.05) is 25.4 Å². The SMILES string of the molecule is CC(C)CN1CCN(CC(=O)NCc2ccc(Cl)s2)CC1. The number of nitrogens with one attached hydrogen (secondary N) is 1. The van der Waals surface area contributed by atoms with Gasteiger partial charge in [0.25, 0.3) is 0 Å². The van der Waals surface area contributed by atoms with Crippen molar-refractivity contribution < 1.29 is 4.79 Å². The van der Waals surface area contributed by atoms with E-state index in [-0.39, 0.29) is 5.91 Å². The van der Waals surface area contributed by atoms with E-state index in [1.165, 1.54) is 11.3 Å². The zero-order valence-electron chi connectivity index (χ0n) is 12.8. The van der Waals surface area contributed by atoms with Crippen LogP contribution >= 0.6 is 22.9 Å². The molecule has 1 aromatic rings. The van der Waals surface area contributed by atoms with Crippen molar-refractivity contribution >= 4 is 28.8 Å². The van der Waals surface area contributed by atoms with Gasteiger partial charge in [-0.2, -0.15) is 0 Å². The predicted octanol–water partition coefficient (Wildman–Crippen LogP) is 2.29. The molecule has 1 N–H and O–H groups in total. The van der Waals surface area contributed by atoms with Gasteiger partial charge in [0.05, 0.1) is 17.4 Å². The molecule has 1 saturated heterocycles. The minimum absolute atomic E-state index is 0.0943. The van der Waals surface area contributed by atoms with Gasteiger partial charge >= 0.3 is 0 Å². The van der Waals surface area contributed by atoms with Gasteiger partial charge in [-0.25, -0.2) is 0 Å². The highest BCUT2D eigenvalue weighted by molar-refractivity contribution is 7.16. The number of amides is 1. The number of thiophene rings is 1. The predicted molar refractivity (Wildman–Crippen MR) is 88.9 cm³/mol. The van der Waals surface area contributed by atoms with Crippen molar-refractivity contribution in [2.45, 2.75) is 20.4 Å². The van der Waals surface area contributed by atoms with Gasteiger partial charge in [0.2, 0.25) is 5.91 Å². The number of piperazine rings is 1. The zero-order chi connectivity index (χ0) is 15.2. The van der Waals surface area contributed by atoms with Crippen molar-refractivity contribution in [1.82, 2.24) is 15.1 Å². The summed E-state index contributed by atoms with van der Waals surface area (Å²) in [6.07, 6.45) is 0. The minimum atomic E-state index is 0.0943. The van der Waals surface area contributed by atoms with Crippen LogP contribution in [0.2, 0.25) is 4.34 Å². The number of carbonyl (C=O) groups excluding carboxylic acids is 1. The average molecular weight is 330 g/mol. The Hall–Kier alpha value is -0.620. The molecule has 0 bridgehead atoms. The maximum atomic E-state index is 12.0. The molecule has 1 fully saturated rings. The van der Waals surface area contributed by atoms with Crippen LogP contribution in [0, 0.1) is 5.92 Å². The standard InChI is InChI=1S/C15H24ClN3OS/c1-12(2)10-18-5-7-19(8-6-18)11-15(20)17-9-13-3-4-14(16)21-13/h3-4,12H,5-11H2,1-2H3,(H,17,20). The number of nitrogens with zero attached hydrogens (tertiary/aromatic N) is 2. The Morgan fingerprint density at radius 2 is 1.95 bits per heavy atom. The van der Waals surface area contributed by atoms with Crippen LogP contribution in [0.4, 0.5) is 0 Å². The molecule has 1 aliphatic rings. The molecule has 2 rings (SSSR count). The Morgan fingerprint density at radius 1 is 1.29 bits per heavy atom. The van der Waals surface area contributed by atoms with Crippen molar-refractivity contribution in [2.75, 3.05) is 39.3 Å². The fourth-order valence-electron chi connectivity index (χ4n) is 2.54. The molecule has 0 spiro atoms. The topological polar surface area (TPSA) is 35.6 Å². The second kappa shape index (κ2) is 8.13. The quantitative estimate of drug-likeness (QED) is 0.870. The lowest BCUT2D eigenvalue weighted by atomic mass is 10.2. The molecule has 1 amide bonds. The zero-order valence-corrected chi connectivity index (χ0v) is 14.3. The van der Waals surface area contributed by atoms with E-state index in [1.54, 1.807) is 0 Å². The second-order valence-electron chi connectivity index (χ2n) is 5.95. The summed E-state index contributed by atoms with van der Waals surface area (Å²) in [6, 6.07) is 3.82. The van der Waals surface area contributed by atoms with Crippen molar-refractivity contribution in [1.29, 1.82) is 0 Å². The van der Waals surface area contributed by atoms with Crippen LogP contribution in [0.25, 0.3) is 0 Å². The summed E-state index contributed by atoms with van der Waals surface area (Å²) in [6.45, 7) is 10.8. The third-order valence-electron chi connectivity index (χ3n) is 3.54. The maximum absolute atomic E-state index is 12.0. The largest absolute Gasteiger partial charge is 0.350 e. The molecule has 0 aromatic carbocycles. The normalized spacial score (nSPS) is 17.3. The molecule has 118 valence electrons. The molecule has 2 heterocycles. The van der Waals surface area contributed by atoms with Gasteiger partial charge in [0, 0.05) is 37.6 Å². The van der Waals surface area contributed by atoms with E-state index < -0.39 is 0 Å². The lowest BCUT2D eigenvalue weighted by Gasteiger charge is -2.35. The van der Waals surface area contributed by atoms with Crippen molar-refractivity contribution in [3.05, 3.63) is 21.3 Å². The molecule has 0 saturated carbocycles. The van der Waals surface area contributed by atoms with Crippen LogP contribution in [-0.2, 0) is 11.3 Å². The lowest BCUT2D eigenvalue weighted by molar-refractivity contribution is -0.122. The number of rotatable bonds is 6. The Morgan fingerprint density at radius 3 is 2.52 bits per heavy atom. The minimum Gasteiger partial charge on any atom is -0.350 e. The molecule has 0 aliphatic carbocycles. The first-order chi connectivity index (χ1) is 10.0. The van der Waals surface area contributed by atoms with E-state index >= 15 is 0 Å². The average Bonchev–Trinajstić information content (AvgIpc) is 2.84. The molecular weight excluding hydrogens is 306 g/mol. The molecule has 4 nitrogen and oxygen atoms in total. The molecule has 0 radical (unpaired) electrons. The molecule has 1 aromatic heterocycles. The monoisotopic (exact) mass is 329 g/mol. The highest BCUT2D eigenvalue weighted by Gasteiger charge is 2.19. The lowest BCUT2D eigenvalue weighted by Crippen LogP contribution is -2.50. The van der Waals surface area contributed by atoms with E-state index in [2.05, 4.69) is 29.0 Å². The summed E-state index contributed by atoms with van der Waals surface area (Å²) in [4.78, 5) is 17.8. The highest BCUT2D eigenvalue weighted by Crippen LogP contribution is 2.20. The number of hydrogen-bond donors (Lipinski definition) is 1. The summed E-state index contributed by atoms with van der Waals surface area (Å²) in [5, 5.41) is 2.96. The molecular formula is C15H24ClN3OS. The summed E-state index contributed by atoms with van der Waals surface area (Å²) in [5.74, 6) is 0.800. The summed E-state index contributed by atoms with van der Waals surface area (Å²) < 4.78 is 0.764. The van der Waals surface area contributed by atoms with Crippen LogP contribution in [0.3, 0.4) is 0 Å². The Labute approximate surface area is 136 Å². The maximum Gasteiger partial charge on any atom is 0.234 e. The third kappa shape index (κ3) is 5.94. The molecule has 21 heavy (non-hydrogen) atoms. The van der Waals surface area contributed by atoms with Crippen LogP contribution in [0.1, 0.15) is 18.7 Å². The summed E-state index contributed by atoms with van der Waals surface area (Å²) in [5.41, 5.74) is 0. The van der Waals surface area contributed by atoms with Gasteiger partial charge in [-0.15, -0.1) is 11.3 Å². The molecule has 0 unspecified atom stereocenters. The van der Waals surface area contributed by atoms with Crippen molar-refractivity contribution in [2.24, 2.45) is 5.92 Å². The number of hydrogen-bond acceptors (Lipinski definition) is 4. The third-order valence-corrected chi connectivity index (χ3v) is 4.78. The fraction of sp³-hybridized carbons (Fsp3) is 0.667. The first-order valence-electron chi connectivity index (χ1n) is 7.48. The first kappa shape index (κ1) is 16.7. The van der Waals surface area contributed by atoms with Crippen LogP contribution in [0.5, 0.6) is 0 Å². The van der Waals surface area contributed by atoms with Gasteiger partial charge in [-0.05, 0) is 18.1 Å². The van der Waals surface area contributed by atoms with E-state index in [0.717, 1.165) is 41.9 Å². The fourth-order valence-corrected chi connectivity index (χ4v) is 3.57. The van der Waals surface area contributed by atoms with E-state index in [1.807, 2.05) is 12.1 Å². The molecule has 0 atom stereocenters. The summed E-state index contributed by atoms with van der Waals surface area (Å²) in [7, 11) is 0. The number of carbonyl (C=O) groups is 1. The first-order valence-corrected chi connectivity index (χ1v) is 8.68. The van der Waals surface area contributed by atoms with E-state index in [4.69, 9.17) is 11.6 Å². The Balaban J connectivity index is 1.65. The van der Waals surface area contributed by atoms with Crippen molar-refractivity contribution in [3.8, 4) is 0 Å². The second-order valence-corrected chi connectivity index (χ2v) is 7.75. The van der Waals surface area contributed by atoms with Crippen LogP contribution < -0.4 is 5.32 Å². The van der Waals surface area contributed by atoms with Crippen molar-refractivity contribution in [3.63, 3.8) is 0 Å². The highest BCUT2D eigenvalue weighted by atomic mass is 35.5. The van der Waals surface area contributed by atoms with Gasteiger partial charge in [0.1, 0.15) is 0 Å². The van der Waals surface area contributed by atoms with E-state index in [0.29, 0.717) is 19.0 Å². The molecule has 1 aliphatic heterocycles. The summed E-state index contributed by atoms with van der Waals surface area (Å²) >= 11 is 7.39. The number of halogens is 1. The smallest absolute Gasteiger partial charge is 0.234 e. The Bertz CT molecular complexity index is 456. The van der Waals surface area contributed by atoms with Gasteiger partial charge in [0.15, 0.2) is 0 Å². The molecule has 6 heteroatoms. The van der Waals surface area contributed by atoms with E-state index in [9.17, 15) is 4.79 Å². The Kier molecular flexibility index (Phi) is 6.48. The van der Waals surface area contributed by atoms with Crippen LogP contribution in [0.15, 0.2) is 12.1 Å². The van der Waals surface area contributed by atoms with Gasteiger partial charge in [-0.3, -0.25) is 9.69 Å². The van der Waals surface area contributed by atoms with Gasteiger partial charge < -0.3 is 10.2 Å².